The summed E-state index contributed by atoms with van der Waals surface area (Å²) in [6.07, 6.45) is 0. The lowest BCUT2D eigenvalue weighted by atomic mass is 9.84. The molecule has 0 fully saturated rings. The Hall–Kier alpha value is -2.89. The van der Waals surface area contributed by atoms with Crippen molar-refractivity contribution < 1.29 is 14.0 Å². The molecular formula is C18H20FN3O2. The second-order valence-corrected chi connectivity index (χ2v) is 6.00. The van der Waals surface area contributed by atoms with Gasteiger partial charge in [0.15, 0.2) is 0 Å². The molecule has 6 heteroatoms. The number of nitrogens with two attached hydrogens (primary N) is 1. The lowest BCUT2D eigenvalue weighted by molar-refractivity contribution is -0.122. The first-order valence-corrected chi connectivity index (χ1v) is 7.49. The van der Waals surface area contributed by atoms with Crippen LogP contribution in [-0.2, 0) is 16.8 Å². The Kier molecular flexibility index (Phi) is 5.18. The first kappa shape index (κ1) is 17.5. The van der Waals surface area contributed by atoms with Crippen LogP contribution in [0.4, 0.5) is 14.9 Å². The van der Waals surface area contributed by atoms with E-state index in [9.17, 15) is 14.0 Å². The third kappa shape index (κ3) is 4.32. The topological polar surface area (TPSA) is 84.2 Å². The van der Waals surface area contributed by atoms with Crippen molar-refractivity contribution >= 4 is 17.6 Å². The molecule has 0 saturated carbocycles. The molecule has 0 spiro atoms. The number of primary amides is 1. The van der Waals surface area contributed by atoms with Gasteiger partial charge in [0, 0.05) is 12.2 Å². The minimum atomic E-state index is -0.780. The van der Waals surface area contributed by atoms with Crippen LogP contribution in [0.2, 0.25) is 0 Å². The van der Waals surface area contributed by atoms with Crippen molar-refractivity contribution in [3.05, 3.63) is 65.5 Å². The predicted octanol–water partition coefficient (Wildman–Crippen LogP) is 2.91. The van der Waals surface area contributed by atoms with Crippen LogP contribution in [-0.4, -0.2) is 11.9 Å². The molecule has 0 unspecified atom stereocenters. The highest BCUT2D eigenvalue weighted by Gasteiger charge is 2.26. The van der Waals surface area contributed by atoms with Crippen LogP contribution in [0.25, 0.3) is 0 Å². The van der Waals surface area contributed by atoms with Crippen molar-refractivity contribution in [2.24, 2.45) is 5.73 Å². The zero-order chi connectivity index (χ0) is 17.7. The molecule has 0 aromatic heterocycles. The summed E-state index contributed by atoms with van der Waals surface area (Å²) in [5, 5.41) is 5.32. The summed E-state index contributed by atoms with van der Waals surface area (Å²) in [4.78, 5) is 23.3. The molecule has 3 amide bonds. The zero-order valence-corrected chi connectivity index (χ0v) is 13.6. The molecule has 0 radical (unpaired) electrons. The zero-order valence-electron chi connectivity index (χ0n) is 13.6. The number of anilines is 1. The molecule has 24 heavy (non-hydrogen) atoms. The van der Waals surface area contributed by atoms with Gasteiger partial charge in [-0.25, -0.2) is 9.18 Å². The van der Waals surface area contributed by atoms with Crippen molar-refractivity contribution in [2.45, 2.75) is 25.8 Å². The largest absolute Gasteiger partial charge is 0.369 e. The van der Waals surface area contributed by atoms with E-state index >= 15 is 0 Å². The van der Waals surface area contributed by atoms with Crippen molar-refractivity contribution in [1.29, 1.82) is 0 Å². The molecule has 4 N–H and O–H groups in total. The van der Waals surface area contributed by atoms with Gasteiger partial charge in [0.1, 0.15) is 5.82 Å². The molecule has 0 heterocycles. The summed E-state index contributed by atoms with van der Waals surface area (Å²) in [5.74, 6) is -0.765. The van der Waals surface area contributed by atoms with Gasteiger partial charge in [0.25, 0.3) is 0 Å². The predicted molar refractivity (Wildman–Crippen MR) is 90.9 cm³/mol. The van der Waals surface area contributed by atoms with Gasteiger partial charge in [0.05, 0.1) is 5.41 Å². The van der Waals surface area contributed by atoms with Crippen LogP contribution in [0.5, 0.6) is 0 Å². The molecule has 5 nitrogen and oxygen atoms in total. The molecule has 0 aliphatic carbocycles. The smallest absolute Gasteiger partial charge is 0.319 e. The number of hydrogen-bond acceptors (Lipinski definition) is 2. The Bertz CT molecular complexity index is 742. The maximum Gasteiger partial charge on any atom is 0.319 e. The normalized spacial score (nSPS) is 11.0. The Labute approximate surface area is 140 Å². The van der Waals surface area contributed by atoms with Crippen LogP contribution in [0, 0.1) is 5.82 Å². The van der Waals surface area contributed by atoms with Gasteiger partial charge in [-0.1, -0.05) is 24.3 Å². The summed E-state index contributed by atoms with van der Waals surface area (Å²) in [5.41, 5.74) is 6.62. The number of amides is 3. The summed E-state index contributed by atoms with van der Waals surface area (Å²) in [7, 11) is 0. The molecule has 126 valence electrons. The van der Waals surface area contributed by atoms with Gasteiger partial charge in [-0.05, 0) is 49.2 Å². The Morgan fingerprint density at radius 3 is 2.38 bits per heavy atom. The first-order chi connectivity index (χ1) is 11.3. The van der Waals surface area contributed by atoms with Crippen molar-refractivity contribution in [3.8, 4) is 0 Å². The number of rotatable bonds is 5. The third-order valence-electron chi connectivity index (χ3n) is 3.82. The van der Waals surface area contributed by atoms with Crippen molar-refractivity contribution in [3.63, 3.8) is 0 Å². The fourth-order valence-corrected chi connectivity index (χ4v) is 2.12. The van der Waals surface area contributed by atoms with E-state index in [4.69, 9.17) is 5.73 Å². The molecule has 2 aromatic rings. The fourth-order valence-electron chi connectivity index (χ4n) is 2.12. The lowest BCUT2D eigenvalue weighted by Crippen LogP contribution is -2.35. The average Bonchev–Trinajstić information content (AvgIpc) is 2.53. The fraction of sp³-hybridized carbons (Fsp3) is 0.222. The van der Waals surface area contributed by atoms with Gasteiger partial charge in [-0.15, -0.1) is 0 Å². The van der Waals surface area contributed by atoms with E-state index in [1.165, 1.54) is 12.1 Å². The second-order valence-electron chi connectivity index (χ2n) is 6.00. The Morgan fingerprint density at radius 1 is 1.12 bits per heavy atom. The number of hydrogen-bond donors (Lipinski definition) is 3. The lowest BCUT2D eigenvalue weighted by Gasteiger charge is -2.21. The number of carbonyl (C=O) groups excluding carboxylic acids is 2. The van der Waals surface area contributed by atoms with E-state index < -0.39 is 17.4 Å². The Balaban J connectivity index is 1.93. The van der Waals surface area contributed by atoms with Crippen molar-refractivity contribution in [2.75, 3.05) is 5.32 Å². The van der Waals surface area contributed by atoms with Crippen LogP contribution >= 0.6 is 0 Å². The molecule has 2 rings (SSSR count). The molecule has 0 aliphatic heterocycles. The standard InChI is InChI=1S/C18H20FN3O2/c1-18(2,16(20)23)13-6-8-15(9-7-13)22-17(24)21-11-12-4-3-5-14(19)10-12/h3-10H,11H2,1-2H3,(H2,20,23)(H2,21,22,24). The highest BCUT2D eigenvalue weighted by molar-refractivity contribution is 5.89. The first-order valence-electron chi connectivity index (χ1n) is 7.49. The minimum absolute atomic E-state index is 0.219. The monoisotopic (exact) mass is 329 g/mol. The number of benzene rings is 2. The van der Waals surface area contributed by atoms with Gasteiger partial charge in [0.2, 0.25) is 5.91 Å². The quantitative estimate of drug-likeness (QED) is 0.788. The number of urea groups is 1. The highest BCUT2D eigenvalue weighted by Crippen LogP contribution is 2.24. The van der Waals surface area contributed by atoms with E-state index in [1.807, 2.05) is 0 Å². The van der Waals surface area contributed by atoms with E-state index in [-0.39, 0.29) is 12.4 Å². The van der Waals surface area contributed by atoms with Crippen LogP contribution in [0.15, 0.2) is 48.5 Å². The van der Waals surface area contributed by atoms with E-state index in [0.717, 1.165) is 5.56 Å². The van der Waals surface area contributed by atoms with E-state index in [0.29, 0.717) is 11.3 Å². The molecule has 2 aromatic carbocycles. The summed E-state index contributed by atoms with van der Waals surface area (Å²) >= 11 is 0. The third-order valence-corrected chi connectivity index (χ3v) is 3.82. The maximum absolute atomic E-state index is 13.1. The molecule has 0 aliphatic rings. The molecule has 0 atom stereocenters. The summed E-state index contributed by atoms with van der Waals surface area (Å²) in [6.45, 7) is 3.70. The van der Waals surface area contributed by atoms with E-state index in [2.05, 4.69) is 10.6 Å². The molecule has 0 saturated heterocycles. The highest BCUT2D eigenvalue weighted by atomic mass is 19.1. The second kappa shape index (κ2) is 7.12. The molecule has 0 bridgehead atoms. The Morgan fingerprint density at radius 2 is 1.79 bits per heavy atom. The molecular weight excluding hydrogens is 309 g/mol. The summed E-state index contributed by atoms with van der Waals surface area (Å²) in [6, 6.07) is 12.5. The number of carbonyl (C=O) groups is 2. The van der Waals surface area contributed by atoms with Crippen molar-refractivity contribution in [1.82, 2.24) is 5.32 Å². The number of halogens is 1. The van der Waals surface area contributed by atoms with Gasteiger partial charge in [-0.2, -0.15) is 0 Å². The minimum Gasteiger partial charge on any atom is -0.369 e. The van der Waals surface area contributed by atoms with Gasteiger partial charge in [-0.3, -0.25) is 4.79 Å². The SMILES string of the molecule is CC(C)(C(N)=O)c1ccc(NC(=O)NCc2cccc(F)c2)cc1. The maximum atomic E-state index is 13.1. The van der Waals surface area contributed by atoms with Gasteiger partial charge < -0.3 is 16.4 Å². The number of nitrogens with one attached hydrogen (secondary N) is 2. The average molecular weight is 329 g/mol. The van der Waals surface area contributed by atoms with Gasteiger partial charge >= 0.3 is 6.03 Å². The van der Waals surface area contributed by atoms with Crippen LogP contribution < -0.4 is 16.4 Å². The van der Waals surface area contributed by atoms with E-state index in [1.54, 1.807) is 50.2 Å². The van der Waals surface area contributed by atoms with Crippen LogP contribution in [0.3, 0.4) is 0 Å². The van der Waals surface area contributed by atoms with Crippen LogP contribution in [0.1, 0.15) is 25.0 Å². The summed E-state index contributed by atoms with van der Waals surface area (Å²) < 4.78 is 13.1.